The molecule has 22 heavy (non-hydrogen) atoms. The first-order valence-electron chi connectivity index (χ1n) is 6.89. The molecule has 128 valence electrons. The third kappa shape index (κ3) is 6.36. The van der Waals surface area contributed by atoms with E-state index in [-0.39, 0.29) is 39.5 Å². The second-order valence-corrected chi connectivity index (χ2v) is 5.97. The van der Waals surface area contributed by atoms with Gasteiger partial charge in [0, 0.05) is 27.3 Å². The van der Waals surface area contributed by atoms with Gasteiger partial charge in [-0.05, 0) is 13.8 Å². The average Bonchev–Trinajstić information content (AvgIpc) is 2.48. The van der Waals surface area contributed by atoms with E-state index in [1.807, 2.05) is 0 Å². The summed E-state index contributed by atoms with van der Waals surface area (Å²) in [6, 6.07) is 0. The Balaban J connectivity index is 5.34. The fourth-order valence-electron chi connectivity index (χ4n) is 1.57. The Labute approximate surface area is 130 Å². The molecule has 0 unspecified atom stereocenters. The number of rotatable bonds is 12. The van der Waals surface area contributed by atoms with E-state index >= 15 is 0 Å². The smallest absolute Gasteiger partial charge is 0.383 e. The van der Waals surface area contributed by atoms with Gasteiger partial charge in [0.25, 0.3) is 0 Å². The lowest BCUT2D eigenvalue weighted by atomic mass is 10.4. The summed E-state index contributed by atoms with van der Waals surface area (Å²) in [5.74, 6) is -0.748. The van der Waals surface area contributed by atoms with Gasteiger partial charge in [0.1, 0.15) is 0 Å². The molecule has 0 N–H and O–H groups in total. The standard InChI is InChI=1S/C12H24N3O6P/c1-5-20-22(17,21-6-2)11(14-13)12(16)15(7-9-18-3)8-10-19-4/h5-10H2,1-4H3. The Morgan fingerprint density at radius 3 is 1.86 bits per heavy atom. The summed E-state index contributed by atoms with van der Waals surface area (Å²) in [7, 11) is -0.994. The Morgan fingerprint density at radius 1 is 1.09 bits per heavy atom. The highest BCUT2D eigenvalue weighted by molar-refractivity contribution is 7.74. The first-order valence-corrected chi connectivity index (χ1v) is 8.43. The first-order chi connectivity index (χ1) is 10.5. The van der Waals surface area contributed by atoms with Gasteiger partial charge in [0.15, 0.2) is 0 Å². The molecule has 0 aromatic rings. The molecule has 0 atom stereocenters. The molecule has 0 heterocycles. The van der Waals surface area contributed by atoms with Crippen molar-refractivity contribution in [2.45, 2.75) is 13.8 Å². The summed E-state index contributed by atoms with van der Waals surface area (Å²) in [6.07, 6.45) is 0. The van der Waals surface area contributed by atoms with Crippen LogP contribution in [-0.4, -0.2) is 74.8 Å². The minimum absolute atomic E-state index is 0.0414. The molecule has 0 aliphatic rings. The fourth-order valence-corrected chi connectivity index (χ4v) is 3.06. The van der Waals surface area contributed by atoms with Crippen LogP contribution in [0.2, 0.25) is 0 Å². The number of hydrogen-bond donors (Lipinski definition) is 0. The number of amides is 1. The van der Waals surface area contributed by atoms with Crippen LogP contribution in [0.5, 0.6) is 0 Å². The molecule has 1 amide bonds. The van der Waals surface area contributed by atoms with Crippen LogP contribution in [0.3, 0.4) is 0 Å². The summed E-state index contributed by atoms with van der Waals surface area (Å²) in [6.45, 7) is 4.24. The lowest BCUT2D eigenvalue weighted by Crippen LogP contribution is -2.41. The summed E-state index contributed by atoms with van der Waals surface area (Å²) in [4.78, 5) is 16.6. The third-order valence-electron chi connectivity index (χ3n) is 2.56. The second kappa shape index (κ2) is 11.5. The minimum atomic E-state index is -3.98. The number of nitrogens with zero attached hydrogens (tertiary/aromatic N) is 3. The van der Waals surface area contributed by atoms with Crippen molar-refractivity contribution in [1.82, 2.24) is 4.90 Å². The number of carbonyl (C=O) groups is 1. The zero-order valence-corrected chi connectivity index (χ0v) is 14.4. The molecular formula is C12H24N3O6P. The molecular weight excluding hydrogens is 313 g/mol. The molecule has 0 aliphatic carbocycles. The van der Waals surface area contributed by atoms with Gasteiger partial charge in [-0.15, -0.1) is 0 Å². The van der Waals surface area contributed by atoms with Crippen LogP contribution in [0.4, 0.5) is 0 Å². The van der Waals surface area contributed by atoms with Crippen LogP contribution < -0.4 is 0 Å². The van der Waals surface area contributed by atoms with Crippen molar-refractivity contribution in [3.05, 3.63) is 5.53 Å². The van der Waals surface area contributed by atoms with Crippen LogP contribution in [-0.2, 0) is 27.9 Å². The van der Waals surface area contributed by atoms with Crippen LogP contribution in [0, 0.1) is 0 Å². The topological polar surface area (TPSA) is 111 Å². The number of carbonyl (C=O) groups excluding carboxylic acids is 1. The van der Waals surface area contributed by atoms with Crippen molar-refractivity contribution >= 4 is 19.0 Å². The molecule has 0 aromatic carbocycles. The maximum Gasteiger partial charge on any atom is 0.465 e. The molecule has 0 spiro atoms. The summed E-state index contributed by atoms with van der Waals surface area (Å²) in [5.41, 5.74) is 8.48. The maximum absolute atomic E-state index is 12.6. The SMILES string of the molecule is CCOP(=O)(OCC)C(=[N+]=[N-])C(=O)N(CCOC)CCOC. The zero-order chi connectivity index (χ0) is 17.0. The number of hydrogen-bond acceptors (Lipinski definition) is 6. The van der Waals surface area contributed by atoms with Crippen LogP contribution >= 0.6 is 7.60 Å². The normalized spacial score (nSPS) is 11.1. The fraction of sp³-hybridized carbons (Fsp3) is 0.833. The van der Waals surface area contributed by atoms with Gasteiger partial charge in [-0.2, -0.15) is 4.79 Å². The van der Waals surface area contributed by atoms with Gasteiger partial charge in [-0.25, -0.2) is 4.57 Å². The molecule has 0 fully saturated rings. The van der Waals surface area contributed by atoms with Crippen molar-refractivity contribution in [2.75, 3.05) is 53.7 Å². The van der Waals surface area contributed by atoms with E-state index in [1.54, 1.807) is 13.8 Å². The molecule has 0 radical (unpaired) electrons. The number of methoxy groups -OCH3 is 2. The summed E-state index contributed by atoms with van der Waals surface area (Å²) in [5, 5.41) is 0. The highest BCUT2D eigenvalue weighted by Crippen LogP contribution is 2.49. The molecule has 10 heteroatoms. The van der Waals surface area contributed by atoms with Crippen molar-refractivity contribution in [3.63, 3.8) is 0 Å². The molecule has 0 saturated heterocycles. The predicted molar refractivity (Wildman–Crippen MR) is 79.8 cm³/mol. The van der Waals surface area contributed by atoms with Crippen LogP contribution in [0.1, 0.15) is 13.8 Å². The monoisotopic (exact) mass is 337 g/mol. The first kappa shape index (κ1) is 20.9. The molecule has 0 aromatic heterocycles. The van der Waals surface area contributed by atoms with Gasteiger partial charge in [0.05, 0.1) is 26.4 Å². The quantitative estimate of drug-likeness (QED) is 0.227. The van der Waals surface area contributed by atoms with E-state index < -0.39 is 19.0 Å². The lowest BCUT2D eigenvalue weighted by molar-refractivity contribution is -0.129. The Morgan fingerprint density at radius 2 is 1.55 bits per heavy atom. The van der Waals surface area contributed by atoms with E-state index in [0.717, 1.165) is 0 Å². The van der Waals surface area contributed by atoms with Gasteiger partial charge in [0.2, 0.25) is 0 Å². The molecule has 0 rings (SSSR count). The van der Waals surface area contributed by atoms with Crippen LogP contribution in [0.15, 0.2) is 0 Å². The predicted octanol–water partition coefficient (Wildman–Crippen LogP) is 1.00. The summed E-state index contributed by atoms with van der Waals surface area (Å²) < 4.78 is 32.5. The average molecular weight is 337 g/mol. The molecule has 0 saturated carbocycles. The van der Waals surface area contributed by atoms with E-state index in [2.05, 4.69) is 4.79 Å². The van der Waals surface area contributed by atoms with Gasteiger partial charge < -0.3 is 29.0 Å². The van der Waals surface area contributed by atoms with E-state index in [0.29, 0.717) is 0 Å². The summed E-state index contributed by atoms with van der Waals surface area (Å²) >= 11 is 0. The second-order valence-electron chi connectivity index (χ2n) is 4.03. The van der Waals surface area contributed by atoms with Gasteiger partial charge in [-0.1, -0.05) is 0 Å². The largest absolute Gasteiger partial charge is 0.465 e. The van der Waals surface area contributed by atoms with E-state index in [9.17, 15) is 9.36 Å². The highest BCUT2D eigenvalue weighted by Gasteiger charge is 2.47. The van der Waals surface area contributed by atoms with Crippen molar-refractivity contribution in [2.24, 2.45) is 0 Å². The van der Waals surface area contributed by atoms with E-state index in [4.69, 9.17) is 24.1 Å². The Hall–Kier alpha value is -1.08. The van der Waals surface area contributed by atoms with Crippen molar-refractivity contribution in [3.8, 4) is 0 Å². The number of ether oxygens (including phenoxy) is 2. The van der Waals surface area contributed by atoms with Gasteiger partial charge >= 0.3 is 19.0 Å². The Kier molecular flexibility index (Phi) is 10.9. The van der Waals surface area contributed by atoms with Crippen LogP contribution in [0.25, 0.3) is 5.53 Å². The van der Waals surface area contributed by atoms with E-state index in [1.165, 1.54) is 19.1 Å². The Bertz CT molecular complexity index is 421. The van der Waals surface area contributed by atoms with Crippen molar-refractivity contribution < 1.29 is 32.7 Å². The molecule has 9 nitrogen and oxygen atoms in total. The zero-order valence-electron chi connectivity index (χ0n) is 13.5. The highest BCUT2D eigenvalue weighted by atomic mass is 31.2. The molecule has 0 bridgehead atoms. The van der Waals surface area contributed by atoms with Crippen molar-refractivity contribution in [1.29, 1.82) is 0 Å². The maximum atomic E-state index is 12.6. The third-order valence-corrected chi connectivity index (χ3v) is 4.56. The molecule has 0 aliphatic heterocycles. The lowest BCUT2D eigenvalue weighted by Gasteiger charge is -2.21. The van der Waals surface area contributed by atoms with Gasteiger partial charge in [-0.3, -0.25) is 4.79 Å². The minimum Gasteiger partial charge on any atom is -0.383 e.